The number of carbonyl (C=O) groups excluding carboxylic acids is 1. The minimum atomic E-state index is -1.22. The number of fused-ring (bicyclic) bond motifs is 9. The molecule has 7 nitrogen and oxygen atoms in total. The number of benzene rings is 2. The maximum Gasteiger partial charge on any atom is 0.252 e. The fraction of sp³-hybridized carbons (Fsp3) is 0.250. The molecule has 0 fully saturated rings. The van der Waals surface area contributed by atoms with Crippen molar-refractivity contribution in [3.05, 3.63) is 77.1 Å². The standard InChI is InChI=1S/C24H19F2N5O2/c1-24(2,33)23-27-9-11(10-28-23)13-6-18-16(7-15(13)26)29-21-17-8-19(31(18)21)20-12(22(32)30-17)4-3-5-14(20)25/h3-7,9-10,17,19,33H,8H2,1-2H3,(H,30,32)/t17-,19-/m1/s1. The van der Waals surface area contributed by atoms with Gasteiger partial charge in [0.15, 0.2) is 5.82 Å². The van der Waals surface area contributed by atoms with Gasteiger partial charge in [0.25, 0.3) is 5.91 Å². The van der Waals surface area contributed by atoms with Gasteiger partial charge < -0.3 is 15.0 Å². The van der Waals surface area contributed by atoms with E-state index in [-0.39, 0.29) is 17.3 Å². The number of hydrogen-bond acceptors (Lipinski definition) is 5. The lowest BCUT2D eigenvalue weighted by molar-refractivity contribution is 0.0687. The van der Waals surface area contributed by atoms with E-state index >= 15 is 4.39 Å². The minimum absolute atomic E-state index is 0.228. The van der Waals surface area contributed by atoms with Gasteiger partial charge in [-0.15, -0.1) is 0 Å². The predicted octanol–water partition coefficient (Wildman–Crippen LogP) is 3.78. The number of aliphatic hydroxyl groups is 1. The monoisotopic (exact) mass is 447 g/mol. The SMILES string of the molecule is CC(C)(O)c1ncc(-c2cc3c(cc2F)nc2n3[C@@H]3C[C@H]2NC(=O)c2cccc(F)c23)cn1. The highest BCUT2D eigenvalue weighted by atomic mass is 19.1. The van der Waals surface area contributed by atoms with Crippen molar-refractivity contribution in [1.82, 2.24) is 24.8 Å². The summed E-state index contributed by atoms with van der Waals surface area (Å²) in [6.07, 6.45) is 3.39. The van der Waals surface area contributed by atoms with Crippen molar-refractivity contribution in [2.45, 2.75) is 38.0 Å². The maximum atomic E-state index is 15.1. The van der Waals surface area contributed by atoms with Gasteiger partial charge in [-0.3, -0.25) is 4.79 Å². The smallest absolute Gasteiger partial charge is 0.252 e. The quantitative estimate of drug-likeness (QED) is 0.488. The first kappa shape index (κ1) is 19.9. The van der Waals surface area contributed by atoms with Gasteiger partial charge in [0, 0.05) is 40.7 Å². The summed E-state index contributed by atoms with van der Waals surface area (Å²) in [5.41, 5.74) is 1.16. The van der Waals surface area contributed by atoms with Crippen molar-refractivity contribution in [3.8, 4) is 11.1 Å². The molecule has 6 rings (SSSR count). The third kappa shape index (κ3) is 2.88. The van der Waals surface area contributed by atoms with E-state index in [9.17, 15) is 14.3 Å². The van der Waals surface area contributed by atoms with E-state index in [0.29, 0.717) is 40.0 Å². The molecule has 0 spiro atoms. The molecule has 0 radical (unpaired) electrons. The molecule has 9 heteroatoms. The van der Waals surface area contributed by atoms with E-state index < -0.39 is 29.3 Å². The van der Waals surface area contributed by atoms with Crippen LogP contribution in [-0.2, 0) is 5.60 Å². The van der Waals surface area contributed by atoms with Gasteiger partial charge in [0.2, 0.25) is 0 Å². The molecule has 33 heavy (non-hydrogen) atoms. The Morgan fingerprint density at radius 1 is 1.12 bits per heavy atom. The second kappa shape index (κ2) is 6.64. The third-order valence-electron chi connectivity index (χ3n) is 6.33. The van der Waals surface area contributed by atoms with Gasteiger partial charge in [-0.25, -0.2) is 23.7 Å². The van der Waals surface area contributed by atoms with Gasteiger partial charge in [-0.1, -0.05) is 6.07 Å². The molecular formula is C24H19F2N5O2. The number of imidazole rings is 1. The fourth-order valence-corrected chi connectivity index (χ4v) is 4.83. The number of halogens is 2. The van der Waals surface area contributed by atoms with Gasteiger partial charge >= 0.3 is 0 Å². The maximum absolute atomic E-state index is 15.1. The molecule has 2 aromatic carbocycles. The number of carbonyl (C=O) groups is 1. The lowest BCUT2D eigenvalue weighted by Gasteiger charge is -2.19. The van der Waals surface area contributed by atoms with Crippen molar-refractivity contribution in [1.29, 1.82) is 0 Å². The Balaban J connectivity index is 1.54. The Morgan fingerprint density at radius 3 is 2.61 bits per heavy atom. The average molecular weight is 447 g/mol. The summed E-state index contributed by atoms with van der Waals surface area (Å²) in [6.45, 7) is 3.14. The molecule has 166 valence electrons. The van der Waals surface area contributed by atoms with Crippen molar-refractivity contribution in [2.24, 2.45) is 0 Å². The summed E-state index contributed by atoms with van der Waals surface area (Å²) in [5, 5.41) is 13.0. The van der Waals surface area contributed by atoms with E-state index in [1.165, 1.54) is 30.6 Å². The van der Waals surface area contributed by atoms with Crippen LogP contribution in [0.3, 0.4) is 0 Å². The topological polar surface area (TPSA) is 92.9 Å². The van der Waals surface area contributed by atoms with Gasteiger partial charge in [0.1, 0.15) is 23.1 Å². The normalized spacial score (nSPS) is 19.2. The van der Waals surface area contributed by atoms with Crippen LogP contribution in [0.25, 0.3) is 22.2 Å². The van der Waals surface area contributed by atoms with Crippen LogP contribution in [0, 0.1) is 11.6 Å². The summed E-state index contributed by atoms with van der Waals surface area (Å²) in [5.74, 6) is -0.502. The van der Waals surface area contributed by atoms with E-state index in [1.807, 2.05) is 4.57 Å². The van der Waals surface area contributed by atoms with Crippen molar-refractivity contribution < 1.29 is 18.7 Å². The van der Waals surface area contributed by atoms with Gasteiger partial charge in [0.05, 0.1) is 23.1 Å². The van der Waals surface area contributed by atoms with Crippen LogP contribution >= 0.6 is 0 Å². The molecule has 0 saturated carbocycles. The number of aromatic nitrogens is 4. The number of rotatable bonds is 2. The predicted molar refractivity (Wildman–Crippen MR) is 115 cm³/mol. The van der Waals surface area contributed by atoms with Crippen LogP contribution in [0.1, 0.15) is 59.9 Å². The van der Waals surface area contributed by atoms with E-state index in [1.54, 1.807) is 26.0 Å². The summed E-state index contributed by atoms with van der Waals surface area (Å²) in [6, 6.07) is 6.61. The molecule has 2 aliphatic rings. The van der Waals surface area contributed by atoms with Crippen LogP contribution in [0.2, 0.25) is 0 Å². The van der Waals surface area contributed by atoms with E-state index in [4.69, 9.17) is 0 Å². The lowest BCUT2D eigenvalue weighted by atomic mass is 9.98. The molecule has 1 amide bonds. The van der Waals surface area contributed by atoms with Gasteiger partial charge in [-0.05, 0) is 38.5 Å². The first-order chi connectivity index (χ1) is 15.7. The lowest BCUT2D eigenvalue weighted by Crippen LogP contribution is -2.28. The molecule has 2 N–H and O–H groups in total. The largest absolute Gasteiger partial charge is 0.382 e. The summed E-state index contributed by atoms with van der Waals surface area (Å²) in [4.78, 5) is 25.6. The Labute approximate surface area is 187 Å². The van der Waals surface area contributed by atoms with Crippen LogP contribution in [0.5, 0.6) is 0 Å². The highest BCUT2D eigenvalue weighted by molar-refractivity contribution is 5.97. The van der Waals surface area contributed by atoms with Crippen molar-refractivity contribution in [2.75, 3.05) is 0 Å². The van der Waals surface area contributed by atoms with Crippen LogP contribution in [0.15, 0.2) is 42.7 Å². The zero-order valence-electron chi connectivity index (χ0n) is 17.8. The minimum Gasteiger partial charge on any atom is -0.382 e. The summed E-state index contributed by atoms with van der Waals surface area (Å²) >= 11 is 0. The van der Waals surface area contributed by atoms with E-state index in [0.717, 1.165) is 0 Å². The average Bonchev–Trinajstić information content (AvgIpc) is 3.24. The number of hydrogen-bond donors (Lipinski definition) is 2. The Kier molecular flexibility index (Phi) is 4.01. The molecule has 2 bridgehead atoms. The first-order valence-electron chi connectivity index (χ1n) is 10.6. The molecule has 0 saturated heterocycles. The molecule has 4 aromatic rings. The molecule has 0 aliphatic carbocycles. The number of nitrogens with one attached hydrogen (secondary N) is 1. The van der Waals surface area contributed by atoms with Crippen LogP contribution in [-0.4, -0.2) is 30.5 Å². The van der Waals surface area contributed by atoms with Crippen LogP contribution < -0.4 is 5.32 Å². The molecule has 2 aromatic heterocycles. The number of amides is 1. The van der Waals surface area contributed by atoms with E-state index in [2.05, 4.69) is 20.3 Å². The zero-order chi connectivity index (χ0) is 23.1. The zero-order valence-corrected chi connectivity index (χ0v) is 17.8. The highest BCUT2D eigenvalue weighted by Gasteiger charge is 2.42. The molecular weight excluding hydrogens is 428 g/mol. The highest BCUT2D eigenvalue weighted by Crippen LogP contribution is 2.45. The Hall–Kier alpha value is -3.72. The van der Waals surface area contributed by atoms with Crippen molar-refractivity contribution >= 4 is 16.9 Å². The molecule has 0 unspecified atom stereocenters. The van der Waals surface area contributed by atoms with Gasteiger partial charge in [-0.2, -0.15) is 0 Å². The Morgan fingerprint density at radius 2 is 1.88 bits per heavy atom. The summed E-state index contributed by atoms with van der Waals surface area (Å²) < 4.78 is 31.9. The van der Waals surface area contributed by atoms with Crippen molar-refractivity contribution in [3.63, 3.8) is 0 Å². The molecule has 4 heterocycles. The number of nitrogens with zero attached hydrogens (tertiary/aromatic N) is 4. The second-order valence-electron chi connectivity index (χ2n) is 8.99. The van der Waals surface area contributed by atoms with Crippen LogP contribution in [0.4, 0.5) is 8.78 Å². The molecule has 2 aliphatic heterocycles. The second-order valence-corrected chi connectivity index (χ2v) is 8.99. The third-order valence-corrected chi connectivity index (χ3v) is 6.33. The first-order valence-corrected chi connectivity index (χ1v) is 10.6. The summed E-state index contributed by atoms with van der Waals surface area (Å²) in [7, 11) is 0. The molecule has 2 atom stereocenters. The fourth-order valence-electron chi connectivity index (χ4n) is 4.83. The Bertz CT molecular complexity index is 1460.